The molecule has 1 aromatic carbocycles. The molecule has 0 aromatic heterocycles. The molecule has 1 radical (unpaired) electrons. The monoisotopic (exact) mass is 239 g/mol. The molecule has 0 fully saturated rings. The van der Waals surface area contributed by atoms with Crippen molar-refractivity contribution in [3.8, 4) is 0 Å². The van der Waals surface area contributed by atoms with E-state index in [0.717, 1.165) is 6.42 Å². The number of benzene rings is 1. The van der Waals surface area contributed by atoms with Crippen LogP contribution in [0, 0.1) is 13.0 Å². The molecule has 1 aromatic rings. The fraction of sp³-hybridized carbons (Fsp3) is 0.364. The Bertz CT molecular complexity index is 87.9. The molecular formula is C11H18Y-2. The van der Waals surface area contributed by atoms with Gasteiger partial charge in [0.2, 0.25) is 0 Å². The van der Waals surface area contributed by atoms with Crippen LogP contribution in [0.5, 0.6) is 0 Å². The normalized spacial score (nSPS) is 6.00. The summed E-state index contributed by atoms with van der Waals surface area (Å²) in [4.78, 5) is 0. The molecule has 0 amide bonds. The van der Waals surface area contributed by atoms with Gasteiger partial charge in [0.1, 0.15) is 0 Å². The largest absolute Gasteiger partial charge is 0.344 e. The molecule has 0 saturated carbocycles. The van der Waals surface area contributed by atoms with Gasteiger partial charge in [0.15, 0.2) is 0 Å². The van der Waals surface area contributed by atoms with Crippen LogP contribution in [0.2, 0.25) is 0 Å². The van der Waals surface area contributed by atoms with Crippen LogP contribution in [0.1, 0.15) is 27.2 Å². The Labute approximate surface area is 103 Å². The van der Waals surface area contributed by atoms with Crippen LogP contribution >= 0.6 is 0 Å². The zero-order valence-corrected chi connectivity index (χ0v) is 11.2. The molecular weight excluding hydrogens is 221 g/mol. The molecule has 0 atom stereocenters. The average Bonchev–Trinajstić information content (AvgIpc) is 2.12. The van der Waals surface area contributed by atoms with Crippen LogP contribution in [-0.4, -0.2) is 0 Å². The first-order valence-corrected chi connectivity index (χ1v) is 4.12. The van der Waals surface area contributed by atoms with Gasteiger partial charge in [-0.3, -0.25) is 0 Å². The second kappa shape index (κ2) is 22.5. The second-order valence-electron chi connectivity index (χ2n) is 1.58. The van der Waals surface area contributed by atoms with Gasteiger partial charge in [0.25, 0.3) is 0 Å². The van der Waals surface area contributed by atoms with Crippen LogP contribution < -0.4 is 0 Å². The predicted octanol–water partition coefficient (Wildman–Crippen LogP) is 3.74. The van der Waals surface area contributed by atoms with E-state index in [1.807, 2.05) is 51.1 Å². The maximum Gasteiger partial charge on any atom is 0 e. The van der Waals surface area contributed by atoms with Crippen LogP contribution in [0.3, 0.4) is 0 Å². The van der Waals surface area contributed by atoms with Crippen molar-refractivity contribution < 1.29 is 32.7 Å². The van der Waals surface area contributed by atoms with Crippen LogP contribution in [0.25, 0.3) is 0 Å². The van der Waals surface area contributed by atoms with E-state index >= 15 is 0 Å². The fourth-order valence-corrected chi connectivity index (χ4v) is 0.342. The molecule has 0 unspecified atom stereocenters. The first-order valence-electron chi connectivity index (χ1n) is 4.12. The minimum Gasteiger partial charge on any atom is -0.344 e. The van der Waals surface area contributed by atoms with Crippen molar-refractivity contribution in [3.63, 3.8) is 0 Å². The van der Waals surface area contributed by atoms with E-state index < -0.39 is 0 Å². The third kappa shape index (κ3) is 22.4. The molecule has 0 bridgehead atoms. The number of rotatable bonds is 0. The van der Waals surface area contributed by atoms with Crippen molar-refractivity contribution in [3.05, 3.63) is 43.3 Å². The summed E-state index contributed by atoms with van der Waals surface area (Å²) >= 11 is 0. The Kier molecular flexibility index (Phi) is 34.1. The maximum atomic E-state index is 3.49. The summed E-state index contributed by atoms with van der Waals surface area (Å²) < 4.78 is 0. The third-order valence-corrected chi connectivity index (χ3v) is 0.607. The van der Waals surface area contributed by atoms with Gasteiger partial charge < -0.3 is 6.92 Å². The maximum absolute atomic E-state index is 3.49. The average molecular weight is 239 g/mol. The summed E-state index contributed by atoms with van der Waals surface area (Å²) in [5.41, 5.74) is 0. The molecule has 1 rings (SSSR count). The summed E-state index contributed by atoms with van der Waals surface area (Å²) in [5.74, 6) is 0. The van der Waals surface area contributed by atoms with Gasteiger partial charge in [-0.2, -0.15) is 42.8 Å². The van der Waals surface area contributed by atoms with Gasteiger partial charge in [-0.25, -0.2) is 0 Å². The van der Waals surface area contributed by atoms with E-state index in [9.17, 15) is 0 Å². The Hall–Kier alpha value is 0.324. The van der Waals surface area contributed by atoms with Crippen LogP contribution in [0.15, 0.2) is 30.3 Å². The molecule has 0 aliphatic heterocycles. The minimum atomic E-state index is 0. The zero-order valence-electron chi connectivity index (χ0n) is 8.38. The molecule has 1 heteroatoms. The number of hydrogen-bond donors (Lipinski definition) is 0. The summed E-state index contributed by atoms with van der Waals surface area (Å²) in [6.45, 7) is 9.50. The molecule has 0 aliphatic carbocycles. The van der Waals surface area contributed by atoms with Crippen molar-refractivity contribution in [2.45, 2.75) is 27.2 Å². The summed E-state index contributed by atoms with van der Waals surface area (Å²) in [6, 6.07) is 12.5. The van der Waals surface area contributed by atoms with Crippen molar-refractivity contribution in [2.75, 3.05) is 0 Å². The minimum absolute atomic E-state index is 0. The van der Waals surface area contributed by atoms with Gasteiger partial charge in [0, 0.05) is 32.7 Å². The summed E-state index contributed by atoms with van der Waals surface area (Å²) in [7, 11) is 0. The second-order valence-corrected chi connectivity index (χ2v) is 1.58. The summed E-state index contributed by atoms with van der Waals surface area (Å²) in [5, 5.41) is 0. The standard InChI is InChI=1S/C6H5.C3H7.C2H6.Y/c1-2-4-6-5-3-1;1-3-2;1-2;/h1-5H;1,3H2,2H3;1-2H3;/q2*-1;;. The molecule has 0 saturated heterocycles. The van der Waals surface area contributed by atoms with Gasteiger partial charge in [-0.15, -0.1) is 0 Å². The Morgan fingerprint density at radius 2 is 1.42 bits per heavy atom. The van der Waals surface area contributed by atoms with Crippen molar-refractivity contribution in [1.82, 2.24) is 0 Å². The predicted molar refractivity (Wildman–Crippen MR) is 52.3 cm³/mol. The number of hydrogen-bond acceptors (Lipinski definition) is 0. The Balaban J connectivity index is -0.000000119. The molecule has 0 heterocycles. The molecule has 0 N–H and O–H groups in total. The van der Waals surface area contributed by atoms with Gasteiger partial charge in [-0.1, -0.05) is 20.8 Å². The Morgan fingerprint density at radius 1 is 1.08 bits per heavy atom. The Morgan fingerprint density at radius 3 is 1.50 bits per heavy atom. The van der Waals surface area contributed by atoms with Crippen molar-refractivity contribution >= 4 is 0 Å². The molecule has 0 spiro atoms. The SMILES string of the molecule is CC.[CH2-]CC.[Y].[c-]1ccccc1. The van der Waals surface area contributed by atoms with E-state index in [2.05, 4.69) is 13.0 Å². The van der Waals surface area contributed by atoms with Gasteiger partial charge in [-0.05, 0) is 0 Å². The molecule has 67 valence electrons. The van der Waals surface area contributed by atoms with Crippen molar-refractivity contribution in [1.29, 1.82) is 0 Å². The zero-order chi connectivity index (χ0) is 8.95. The van der Waals surface area contributed by atoms with Gasteiger partial charge >= 0.3 is 0 Å². The van der Waals surface area contributed by atoms with E-state index in [1.165, 1.54) is 0 Å². The quantitative estimate of drug-likeness (QED) is 0.605. The topological polar surface area (TPSA) is 0 Å². The van der Waals surface area contributed by atoms with E-state index in [-0.39, 0.29) is 32.7 Å². The summed E-state index contributed by atoms with van der Waals surface area (Å²) in [6.07, 6.45) is 1.00. The third-order valence-electron chi connectivity index (χ3n) is 0.607. The molecule has 0 aliphatic rings. The van der Waals surface area contributed by atoms with Crippen LogP contribution in [-0.2, 0) is 32.7 Å². The fourth-order valence-electron chi connectivity index (χ4n) is 0.342. The molecule has 12 heavy (non-hydrogen) atoms. The first-order chi connectivity index (χ1) is 5.41. The van der Waals surface area contributed by atoms with E-state index in [4.69, 9.17) is 0 Å². The smallest absolute Gasteiger partial charge is 0 e. The van der Waals surface area contributed by atoms with Gasteiger partial charge in [0.05, 0.1) is 0 Å². The van der Waals surface area contributed by atoms with Crippen LogP contribution in [0.4, 0.5) is 0 Å². The first kappa shape index (κ1) is 18.2. The van der Waals surface area contributed by atoms with E-state index in [0.29, 0.717) is 0 Å². The van der Waals surface area contributed by atoms with E-state index in [1.54, 1.807) is 0 Å². The molecule has 0 nitrogen and oxygen atoms in total. The van der Waals surface area contributed by atoms with Crippen molar-refractivity contribution in [2.24, 2.45) is 0 Å².